The average Bonchev–Trinajstić information content (AvgIpc) is 2.54. The average molecular weight is 358 g/mol. The highest BCUT2D eigenvalue weighted by Gasteiger charge is 2.34. The molecule has 8 heteroatoms. The summed E-state index contributed by atoms with van der Waals surface area (Å²) in [4.78, 5) is 0. The molecule has 0 unspecified atom stereocenters. The van der Waals surface area contributed by atoms with Gasteiger partial charge in [-0.25, -0.2) is 4.39 Å². The van der Waals surface area contributed by atoms with Crippen molar-refractivity contribution in [1.29, 1.82) is 0 Å². The zero-order valence-corrected chi connectivity index (χ0v) is 13.2. The van der Waals surface area contributed by atoms with Crippen molar-refractivity contribution in [3.63, 3.8) is 0 Å². The fourth-order valence-electron chi connectivity index (χ4n) is 2.22. The van der Waals surface area contributed by atoms with Gasteiger partial charge in [0.15, 0.2) is 0 Å². The first-order chi connectivity index (χ1) is 11.8. The van der Waals surface area contributed by atoms with E-state index in [1.807, 2.05) is 0 Å². The van der Waals surface area contributed by atoms with E-state index in [2.05, 4.69) is 5.32 Å². The van der Waals surface area contributed by atoms with Crippen LogP contribution in [0.3, 0.4) is 0 Å². The number of nitrogens with two attached hydrogens (primary N) is 1. The van der Waals surface area contributed by atoms with E-state index >= 15 is 0 Å². The molecule has 0 atom stereocenters. The largest absolute Gasteiger partial charge is 0.489 e. The molecule has 2 rings (SSSR count). The van der Waals surface area contributed by atoms with Crippen LogP contribution in [-0.2, 0) is 19.3 Å². The molecular formula is C17H18F4N2O2. The maximum absolute atomic E-state index is 13.3. The van der Waals surface area contributed by atoms with Gasteiger partial charge in [-0.3, -0.25) is 0 Å². The van der Waals surface area contributed by atoms with Crippen LogP contribution in [0.4, 0.5) is 23.2 Å². The highest BCUT2D eigenvalue weighted by Crippen LogP contribution is 2.32. The molecule has 25 heavy (non-hydrogen) atoms. The number of anilines is 1. The summed E-state index contributed by atoms with van der Waals surface area (Å²) in [5.74, 6) is -0.879. The van der Waals surface area contributed by atoms with Crippen molar-refractivity contribution < 1.29 is 27.4 Å². The number of benzene rings is 2. The van der Waals surface area contributed by atoms with E-state index in [4.69, 9.17) is 15.6 Å². The first kappa shape index (κ1) is 19.0. The maximum Gasteiger partial charge on any atom is 0.419 e. The predicted molar refractivity (Wildman–Crippen MR) is 85.4 cm³/mol. The Labute approximate surface area is 142 Å². The molecule has 0 bridgehead atoms. The summed E-state index contributed by atoms with van der Waals surface area (Å²) < 4.78 is 57.1. The summed E-state index contributed by atoms with van der Waals surface area (Å²) in [7, 11) is 0. The van der Waals surface area contributed by atoms with E-state index in [1.165, 1.54) is 6.07 Å². The van der Waals surface area contributed by atoms with Crippen LogP contribution < -0.4 is 15.8 Å². The number of hydrogen-bond donors (Lipinski definition) is 3. The lowest BCUT2D eigenvalue weighted by molar-refractivity contribution is -0.140. The Morgan fingerprint density at radius 1 is 1.12 bits per heavy atom. The monoisotopic (exact) mass is 358 g/mol. The minimum absolute atomic E-state index is 0.0334. The Morgan fingerprint density at radius 2 is 1.88 bits per heavy atom. The third kappa shape index (κ3) is 5.33. The molecule has 0 aliphatic heterocycles. The molecule has 0 amide bonds. The summed E-state index contributed by atoms with van der Waals surface area (Å²) >= 11 is 0. The molecule has 0 aliphatic rings. The fraction of sp³-hybridized carbons (Fsp3) is 0.294. The topological polar surface area (TPSA) is 67.5 Å². The Hall–Kier alpha value is -2.32. The second-order valence-electron chi connectivity index (χ2n) is 5.37. The first-order valence-electron chi connectivity index (χ1n) is 7.49. The molecule has 0 radical (unpaired) electrons. The first-order valence-corrected chi connectivity index (χ1v) is 7.49. The van der Waals surface area contributed by atoms with Crippen molar-refractivity contribution in [2.45, 2.75) is 19.3 Å². The molecule has 136 valence electrons. The number of nitrogen functional groups attached to an aromatic ring is 1. The summed E-state index contributed by atoms with van der Waals surface area (Å²) in [6.07, 6.45) is -4.76. The van der Waals surface area contributed by atoms with Crippen LogP contribution in [0, 0.1) is 5.82 Å². The molecule has 2 aromatic carbocycles. The van der Waals surface area contributed by atoms with E-state index in [0.717, 1.165) is 12.1 Å². The Balaban J connectivity index is 2.13. The van der Waals surface area contributed by atoms with Gasteiger partial charge in [-0.2, -0.15) is 13.2 Å². The van der Waals surface area contributed by atoms with E-state index < -0.39 is 17.6 Å². The highest BCUT2D eigenvalue weighted by molar-refractivity contribution is 5.48. The molecule has 0 fully saturated rings. The Kier molecular flexibility index (Phi) is 6.22. The lowest BCUT2D eigenvalue weighted by Gasteiger charge is -2.14. The summed E-state index contributed by atoms with van der Waals surface area (Å²) in [6, 6.07) is 7.64. The molecule has 4 N–H and O–H groups in total. The number of halogens is 4. The van der Waals surface area contributed by atoms with Gasteiger partial charge in [0.05, 0.1) is 12.2 Å². The van der Waals surface area contributed by atoms with Crippen LogP contribution in [0.2, 0.25) is 0 Å². The van der Waals surface area contributed by atoms with Crippen LogP contribution in [0.1, 0.15) is 16.7 Å². The van der Waals surface area contributed by atoms with Gasteiger partial charge < -0.3 is 20.9 Å². The quantitative estimate of drug-likeness (QED) is 0.404. The van der Waals surface area contributed by atoms with Gasteiger partial charge in [-0.15, -0.1) is 0 Å². The third-order valence-electron chi connectivity index (χ3n) is 3.42. The second-order valence-corrected chi connectivity index (χ2v) is 5.37. The molecule has 2 aromatic rings. The minimum atomic E-state index is -4.76. The highest BCUT2D eigenvalue weighted by atomic mass is 19.4. The number of rotatable bonds is 7. The number of nitrogens with one attached hydrogen (secondary N) is 1. The van der Waals surface area contributed by atoms with Crippen LogP contribution in [0.5, 0.6) is 5.75 Å². The number of ether oxygens (including phenoxy) is 1. The molecule has 0 heterocycles. The smallest absolute Gasteiger partial charge is 0.419 e. The van der Waals surface area contributed by atoms with Gasteiger partial charge in [0, 0.05) is 24.3 Å². The predicted octanol–water partition coefficient (Wildman–Crippen LogP) is 3.09. The maximum atomic E-state index is 13.3. The summed E-state index contributed by atoms with van der Waals surface area (Å²) in [5.41, 5.74) is 5.80. The van der Waals surface area contributed by atoms with Crippen molar-refractivity contribution >= 4 is 5.69 Å². The van der Waals surface area contributed by atoms with Crippen LogP contribution >= 0.6 is 0 Å². The molecular weight excluding hydrogens is 340 g/mol. The minimum Gasteiger partial charge on any atom is -0.489 e. The van der Waals surface area contributed by atoms with Crippen molar-refractivity contribution in [3.05, 3.63) is 58.9 Å². The lowest BCUT2D eigenvalue weighted by atomic mass is 10.1. The van der Waals surface area contributed by atoms with Crippen molar-refractivity contribution in [2.24, 2.45) is 0 Å². The molecule has 0 spiro atoms. The van der Waals surface area contributed by atoms with Gasteiger partial charge in [0.25, 0.3) is 0 Å². The number of alkyl halides is 3. The van der Waals surface area contributed by atoms with Crippen molar-refractivity contribution in [3.8, 4) is 5.75 Å². The van der Waals surface area contributed by atoms with Gasteiger partial charge in [0.2, 0.25) is 0 Å². The van der Waals surface area contributed by atoms with Gasteiger partial charge in [-0.1, -0.05) is 6.07 Å². The zero-order chi connectivity index (χ0) is 18.4. The lowest BCUT2D eigenvalue weighted by Crippen LogP contribution is -2.18. The zero-order valence-electron chi connectivity index (χ0n) is 13.2. The van der Waals surface area contributed by atoms with Crippen molar-refractivity contribution in [1.82, 2.24) is 5.32 Å². The number of hydrogen-bond acceptors (Lipinski definition) is 4. The Morgan fingerprint density at radius 3 is 2.56 bits per heavy atom. The van der Waals surface area contributed by atoms with Gasteiger partial charge in [-0.05, 0) is 35.9 Å². The van der Waals surface area contributed by atoms with Gasteiger partial charge in [0.1, 0.15) is 18.2 Å². The Bertz CT molecular complexity index is 720. The van der Waals surface area contributed by atoms with E-state index in [9.17, 15) is 17.6 Å². The molecule has 0 saturated carbocycles. The number of aliphatic hydroxyl groups excluding tert-OH is 1. The van der Waals surface area contributed by atoms with Crippen LogP contribution in [0.25, 0.3) is 0 Å². The molecule has 0 aromatic heterocycles. The van der Waals surface area contributed by atoms with E-state index in [1.54, 1.807) is 18.2 Å². The van der Waals surface area contributed by atoms with Crippen LogP contribution in [-0.4, -0.2) is 18.3 Å². The molecule has 0 saturated heterocycles. The molecule has 0 aliphatic carbocycles. The van der Waals surface area contributed by atoms with Crippen molar-refractivity contribution in [2.75, 3.05) is 18.9 Å². The molecule has 4 nitrogen and oxygen atoms in total. The van der Waals surface area contributed by atoms with E-state index in [0.29, 0.717) is 30.1 Å². The third-order valence-corrected chi connectivity index (χ3v) is 3.42. The van der Waals surface area contributed by atoms with Crippen LogP contribution in [0.15, 0.2) is 36.4 Å². The normalized spacial score (nSPS) is 11.6. The van der Waals surface area contributed by atoms with Gasteiger partial charge >= 0.3 is 6.18 Å². The summed E-state index contributed by atoms with van der Waals surface area (Å²) in [5, 5.41) is 11.8. The summed E-state index contributed by atoms with van der Waals surface area (Å²) in [6.45, 7) is 0.563. The van der Waals surface area contributed by atoms with E-state index in [-0.39, 0.29) is 18.8 Å². The standard InChI is InChI=1S/C17H18F4N2O2/c18-15-3-1-11(7-14(15)17(19,20)21)10-25-16-4-2-13(22)8-12(16)9-23-5-6-24/h1-4,7-8,23-24H,5-6,9-10,22H2. The second kappa shape index (κ2) is 8.17. The fourth-order valence-corrected chi connectivity index (χ4v) is 2.22. The SMILES string of the molecule is Nc1ccc(OCc2ccc(F)c(C(F)(F)F)c2)c(CNCCO)c1. The number of aliphatic hydroxyl groups is 1.